The minimum Gasteiger partial charge on any atom is -0.480 e. The Labute approximate surface area is 125 Å². The molecule has 0 aromatic rings. The fourth-order valence-electron chi connectivity index (χ4n) is 5.25. The maximum Gasteiger partial charge on any atom is 0.320 e. The molecule has 1 atom stereocenters. The van der Waals surface area contributed by atoms with E-state index in [1.807, 2.05) is 0 Å². The molecule has 21 heavy (non-hydrogen) atoms. The van der Waals surface area contributed by atoms with Gasteiger partial charge in [-0.15, -0.1) is 0 Å². The van der Waals surface area contributed by atoms with E-state index in [0.717, 1.165) is 30.2 Å². The van der Waals surface area contributed by atoms with Crippen molar-refractivity contribution in [3.8, 4) is 0 Å². The molecule has 0 unspecified atom stereocenters. The highest BCUT2D eigenvalue weighted by molar-refractivity contribution is 5.77. The molecule has 0 aromatic heterocycles. The summed E-state index contributed by atoms with van der Waals surface area (Å²) in [5.74, 6) is 2.78. The summed E-state index contributed by atoms with van der Waals surface area (Å²) in [4.78, 5) is 22.1. The number of carbonyl (C=O) groups excluding carboxylic acids is 1. The molecule has 4 saturated carbocycles. The molecule has 0 heterocycles. The standard InChI is InChI=1S/C16H26N2O3/c17-15(19)2-1-14(16(20)21)18-8-13-11-4-9-3-10(6-11)7-12(13)5-9/h9-14,18H,1-8H2,(H2,17,19)(H,20,21)/t9?,10?,11?,12?,13?,14-/m0/s1. The maximum atomic E-state index is 11.3. The Morgan fingerprint density at radius 3 is 2.14 bits per heavy atom. The third-order valence-electron chi connectivity index (χ3n) is 6.00. The van der Waals surface area contributed by atoms with Crippen molar-refractivity contribution in [2.75, 3.05) is 6.54 Å². The Hall–Kier alpha value is -1.10. The van der Waals surface area contributed by atoms with Gasteiger partial charge in [0.15, 0.2) is 0 Å². The Bertz CT molecular complexity index is 396. The molecule has 4 aliphatic carbocycles. The summed E-state index contributed by atoms with van der Waals surface area (Å²) in [6.07, 6.45) is 7.24. The number of primary amides is 1. The van der Waals surface area contributed by atoms with E-state index < -0.39 is 17.9 Å². The van der Waals surface area contributed by atoms with Crippen molar-refractivity contribution in [3.63, 3.8) is 0 Å². The Morgan fingerprint density at radius 2 is 1.67 bits per heavy atom. The second-order valence-electron chi connectivity index (χ2n) is 7.40. The first-order chi connectivity index (χ1) is 10.0. The van der Waals surface area contributed by atoms with Crippen LogP contribution in [0, 0.1) is 29.6 Å². The number of amides is 1. The van der Waals surface area contributed by atoms with Gasteiger partial charge in [-0.3, -0.25) is 9.59 Å². The van der Waals surface area contributed by atoms with E-state index in [0.29, 0.717) is 5.92 Å². The van der Waals surface area contributed by atoms with E-state index in [2.05, 4.69) is 5.32 Å². The van der Waals surface area contributed by atoms with Crippen LogP contribution in [0.25, 0.3) is 0 Å². The van der Waals surface area contributed by atoms with Crippen molar-refractivity contribution in [1.29, 1.82) is 0 Å². The van der Waals surface area contributed by atoms with Crippen LogP contribution in [0.1, 0.15) is 44.9 Å². The lowest BCUT2D eigenvalue weighted by Crippen LogP contribution is -2.50. The summed E-state index contributed by atoms with van der Waals surface area (Å²) in [7, 11) is 0. The molecule has 0 spiro atoms. The van der Waals surface area contributed by atoms with Crippen LogP contribution in [0.3, 0.4) is 0 Å². The largest absolute Gasteiger partial charge is 0.480 e. The number of hydrogen-bond acceptors (Lipinski definition) is 3. The van der Waals surface area contributed by atoms with Gasteiger partial charge in [0, 0.05) is 6.42 Å². The number of nitrogens with two attached hydrogens (primary N) is 1. The van der Waals surface area contributed by atoms with Gasteiger partial charge in [-0.1, -0.05) is 0 Å². The van der Waals surface area contributed by atoms with Crippen LogP contribution in [-0.2, 0) is 9.59 Å². The van der Waals surface area contributed by atoms with E-state index in [9.17, 15) is 14.7 Å². The number of nitrogens with one attached hydrogen (secondary N) is 1. The third kappa shape index (κ3) is 3.23. The van der Waals surface area contributed by atoms with Crippen molar-refractivity contribution in [1.82, 2.24) is 5.32 Å². The average Bonchev–Trinajstić information content (AvgIpc) is 2.39. The topological polar surface area (TPSA) is 92.4 Å². The number of carboxylic acids is 1. The highest BCUT2D eigenvalue weighted by atomic mass is 16.4. The molecular formula is C16H26N2O3. The van der Waals surface area contributed by atoms with E-state index in [-0.39, 0.29) is 12.8 Å². The highest BCUT2D eigenvalue weighted by Gasteiger charge is 2.47. The summed E-state index contributed by atoms with van der Waals surface area (Å²) in [6.45, 7) is 0.782. The summed E-state index contributed by atoms with van der Waals surface area (Å²) >= 11 is 0. The lowest BCUT2D eigenvalue weighted by atomic mass is 9.52. The minimum atomic E-state index is -0.875. The molecule has 4 rings (SSSR count). The van der Waals surface area contributed by atoms with Gasteiger partial charge in [0.25, 0.3) is 0 Å². The van der Waals surface area contributed by atoms with Crippen LogP contribution in [0.2, 0.25) is 0 Å². The zero-order chi connectivity index (χ0) is 15.0. The minimum absolute atomic E-state index is 0.131. The molecule has 118 valence electrons. The van der Waals surface area contributed by atoms with Gasteiger partial charge in [-0.2, -0.15) is 0 Å². The molecule has 5 nitrogen and oxygen atoms in total. The van der Waals surface area contributed by atoms with Gasteiger partial charge < -0.3 is 16.2 Å². The van der Waals surface area contributed by atoms with E-state index >= 15 is 0 Å². The first-order valence-corrected chi connectivity index (χ1v) is 8.27. The van der Waals surface area contributed by atoms with Crippen molar-refractivity contribution >= 4 is 11.9 Å². The van der Waals surface area contributed by atoms with E-state index in [1.165, 1.54) is 32.1 Å². The molecule has 5 heteroatoms. The smallest absolute Gasteiger partial charge is 0.320 e. The first kappa shape index (κ1) is 14.8. The fraction of sp³-hybridized carbons (Fsp3) is 0.875. The maximum absolute atomic E-state index is 11.3. The summed E-state index contributed by atoms with van der Waals surface area (Å²) in [6, 6.07) is -0.644. The van der Waals surface area contributed by atoms with E-state index in [4.69, 9.17) is 5.73 Å². The van der Waals surface area contributed by atoms with Crippen molar-refractivity contribution in [2.24, 2.45) is 35.3 Å². The second-order valence-corrected chi connectivity index (χ2v) is 7.40. The number of rotatable bonds is 7. The predicted octanol–water partition coefficient (Wildman–Crippen LogP) is 1.37. The Balaban J connectivity index is 1.53. The van der Waals surface area contributed by atoms with Gasteiger partial charge in [-0.25, -0.2) is 0 Å². The van der Waals surface area contributed by atoms with Crippen LogP contribution >= 0.6 is 0 Å². The van der Waals surface area contributed by atoms with Gasteiger partial charge in [0.05, 0.1) is 0 Å². The van der Waals surface area contributed by atoms with Crippen LogP contribution in [0.15, 0.2) is 0 Å². The molecule has 0 radical (unpaired) electrons. The fourth-order valence-corrected chi connectivity index (χ4v) is 5.25. The average molecular weight is 294 g/mol. The zero-order valence-electron chi connectivity index (χ0n) is 12.5. The molecule has 0 aromatic carbocycles. The normalized spacial score (nSPS) is 38.4. The van der Waals surface area contributed by atoms with Gasteiger partial charge in [0.2, 0.25) is 5.91 Å². The molecule has 4 aliphatic rings. The van der Waals surface area contributed by atoms with Crippen LogP contribution in [0.4, 0.5) is 0 Å². The quantitative estimate of drug-likeness (QED) is 0.661. The Morgan fingerprint density at radius 1 is 1.10 bits per heavy atom. The van der Waals surface area contributed by atoms with Crippen LogP contribution in [0.5, 0.6) is 0 Å². The first-order valence-electron chi connectivity index (χ1n) is 8.27. The molecule has 1 amide bonds. The van der Waals surface area contributed by atoms with Gasteiger partial charge in [-0.05, 0) is 74.7 Å². The molecule has 0 saturated heterocycles. The van der Waals surface area contributed by atoms with Crippen molar-refractivity contribution < 1.29 is 14.7 Å². The highest BCUT2D eigenvalue weighted by Crippen LogP contribution is 2.56. The zero-order valence-corrected chi connectivity index (χ0v) is 12.5. The number of carboxylic acid groups (broad SMARTS) is 1. The number of aliphatic carboxylic acids is 1. The molecule has 4 bridgehead atoms. The summed E-state index contributed by atoms with van der Waals surface area (Å²) < 4.78 is 0. The van der Waals surface area contributed by atoms with Gasteiger partial charge in [0.1, 0.15) is 6.04 Å². The Kier molecular flexibility index (Phi) is 4.20. The summed E-state index contributed by atoms with van der Waals surface area (Å²) in [5, 5.41) is 12.4. The molecule has 4 N–H and O–H groups in total. The van der Waals surface area contributed by atoms with Crippen molar-refractivity contribution in [2.45, 2.75) is 51.0 Å². The summed E-state index contributed by atoms with van der Waals surface area (Å²) in [5.41, 5.74) is 5.12. The third-order valence-corrected chi connectivity index (χ3v) is 6.00. The van der Waals surface area contributed by atoms with Gasteiger partial charge >= 0.3 is 5.97 Å². The lowest BCUT2D eigenvalue weighted by molar-refractivity contribution is -0.140. The van der Waals surface area contributed by atoms with Crippen LogP contribution in [-0.4, -0.2) is 29.6 Å². The molecule has 0 aliphatic heterocycles. The SMILES string of the molecule is NC(=O)CC[C@H](NCC1C2CC3CC(C2)CC1C3)C(=O)O. The number of carbonyl (C=O) groups is 2. The van der Waals surface area contributed by atoms with Crippen LogP contribution < -0.4 is 11.1 Å². The monoisotopic (exact) mass is 294 g/mol. The second kappa shape index (κ2) is 5.95. The number of hydrogen-bond donors (Lipinski definition) is 3. The molecule has 4 fully saturated rings. The van der Waals surface area contributed by atoms with E-state index in [1.54, 1.807) is 0 Å². The lowest BCUT2D eigenvalue weighted by Gasteiger charge is -2.54. The van der Waals surface area contributed by atoms with Crippen molar-refractivity contribution in [3.05, 3.63) is 0 Å². The predicted molar refractivity (Wildman–Crippen MR) is 78.4 cm³/mol. The molecular weight excluding hydrogens is 268 g/mol.